The van der Waals surface area contributed by atoms with Crippen molar-refractivity contribution in [2.45, 2.75) is 6.92 Å². The summed E-state index contributed by atoms with van der Waals surface area (Å²) in [6.07, 6.45) is 1.50. The average Bonchev–Trinajstić information content (AvgIpc) is 1.46. The zero-order chi connectivity index (χ0) is 4.71. The second kappa shape index (κ2) is 42.7. The standard InChI is InChI=1S/C2H3O.CH4N.Y/c1-2-3;1-2;/h1H3;2H,1H3;/q2*-1;. The molecule has 0 aliphatic heterocycles. The van der Waals surface area contributed by atoms with Crippen molar-refractivity contribution in [2.24, 2.45) is 0 Å². The molecule has 1 radical (unpaired) electrons. The second-order valence-corrected chi connectivity index (χ2v) is 0.204. The molecule has 0 amide bonds. The van der Waals surface area contributed by atoms with Crippen molar-refractivity contribution in [1.82, 2.24) is 0 Å². The Hall–Kier alpha value is 0.734. The van der Waals surface area contributed by atoms with Crippen LogP contribution in [0.4, 0.5) is 0 Å². The Balaban J connectivity index is -0.0000000275. The topological polar surface area (TPSA) is 40.9 Å². The van der Waals surface area contributed by atoms with Crippen molar-refractivity contribution in [3.8, 4) is 0 Å². The van der Waals surface area contributed by atoms with Crippen LogP contribution in [0.5, 0.6) is 0 Å². The van der Waals surface area contributed by atoms with Gasteiger partial charge in [-0.1, -0.05) is 0 Å². The van der Waals surface area contributed by atoms with E-state index in [4.69, 9.17) is 10.5 Å². The minimum atomic E-state index is 0. The van der Waals surface area contributed by atoms with Gasteiger partial charge in [0.2, 0.25) is 0 Å². The molecule has 0 unspecified atom stereocenters. The summed E-state index contributed by atoms with van der Waals surface area (Å²) in [6.45, 7) is 1.32. The Bertz CT molecular complexity index is 18.3. The van der Waals surface area contributed by atoms with Gasteiger partial charge in [0.25, 0.3) is 0 Å². The van der Waals surface area contributed by atoms with Crippen molar-refractivity contribution < 1.29 is 37.5 Å². The van der Waals surface area contributed by atoms with Gasteiger partial charge in [-0.3, -0.25) is 6.29 Å². The van der Waals surface area contributed by atoms with Crippen LogP contribution in [0, 0.1) is 0 Å². The molecule has 0 aromatic carbocycles. The van der Waals surface area contributed by atoms with Crippen LogP contribution in [0.15, 0.2) is 0 Å². The quantitative estimate of drug-likeness (QED) is 0.485. The maximum atomic E-state index is 8.68. The van der Waals surface area contributed by atoms with Crippen molar-refractivity contribution in [2.75, 3.05) is 7.05 Å². The van der Waals surface area contributed by atoms with Crippen molar-refractivity contribution in [3.63, 3.8) is 0 Å². The van der Waals surface area contributed by atoms with Gasteiger partial charge in [-0.15, -0.1) is 0 Å². The molecule has 0 fully saturated rings. The second-order valence-electron chi connectivity index (χ2n) is 0.204. The fourth-order valence-electron chi connectivity index (χ4n) is 0. The Labute approximate surface area is 63.4 Å². The molecule has 2 nitrogen and oxygen atoms in total. The van der Waals surface area contributed by atoms with Crippen LogP contribution < -0.4 is 0 Å². The molecule has 0 aromatic rings. The molecular weight excluding hydrogens is 155 g/mol. The average molecular weight is 162 g/mol. The number of carbonyl (C=O) groups excluding carboxylic acids is 1. The molecule has 0 aromatic heterocycles. The summed E-state index contributed by atoms with van der Waals surface area (Å²) >= 11 is 0. The summed E-state index contributed by atoms with van der Waals surface area (Å²) in [6, 6.07) is 0. The van der Waals surface area contributed by atoms with E-state index in [1.807, 2.05) is 0 Å². The van der Waals surface area contributed by atoms with E-state index in [0.29, 0.717) is 0 Å². The zero-order valence-electron chi connectivity index (χ0n) is 3.99. The Morgan fingerprint density at radius 3 is 1.50 bits per heavy atom. The fourth-order valence-corrected chi connectivity index (χ4v) is 0. The number of rotatable bonds is 0. The zero-order valence-corrected chi connectivity index (χ0v) is 6.82. The van der Waals surface area contributed by atoms with Gasteiger partial charge in [0.15, 0.2) is 0 Å². The molecule has 0 saturated carbocycles. The van der Waals surface area contributed by atoms with E-state index >= 15 is 0 Å². The van der Waals surface area contributed by atoms with Crippen molar-refractivity contribution >= 4 is 6.29 Å². The first-order valence-corrected chi connectivity index (χ1v) is 1.20. The molecule has 0 aliphatic carbocycles. The molecule has 0 atom stereocenters. The van der Waals surface area contributed by atoms with Crippen LogP contribution in [-0.2, 0) is 37.5 Å². The monoisotopic (exact) mass is 162 g/mol. The number of hydrogen-bond donors (Lipinski definition) is 0. The van der Waals surface area contributed by atoms with E-state index in [0.717, 1.165) is 0 Å². The number of nitrogens with one attached hydrogen (secondary N) is 1. The molecule has 0 aliphatic rings. The van der Waals surface area contributed by atoms with Gasteiger partial charge in [0.05, 0.1) is 0 Å². The third kappa shape index (κ3) is 123. The maximum absolute atomic E-state index is 8.68. The molecule has 6 heavy (non-hydrogen) atoms. The summed E-state index contributed by atoms with van der Waals surface area (Å²) in [5, 5.41) is 0. The molecule has 0 saturated heterocycles. The van der Waals surface area contributed by atoms with E-state index in [2.05, 4.69) is 0 Å². The SMILES string of the molecule is C[C-]=O.C[NH-].[Y]. The Morgan fingerprint density at radius 2 is 1.50 bits per heavy atom. The van der Waals surface area contributed by atoms with Crippen LogP contribution in [-0.4, -0.2) is 13.3 Å². The van der Waals surface area contributed by atoms with Gasteiger partial charge in [0.1, 0.15) is 0 Å². The Morgan fingerprint density at radius 1 is 1.50 bits per heavy atom. The molecule has 0 heterocycles. The summed E-state index contributed by atoms with van der Waals surface area (Å²) in [4.78, 5) is 8.68. The summed E-state index contributed by atoms with van der Waals surface area (Å²) in [5.41, 5.74) is 5.75. The van der Waals surface area contributed by atoms with Crippen LogP contribution >= 0.6 is 0 Å². The third-order valence-corrected chi connectivity index (χ3v) is 0. The van der Waals surface area contributed by atoms with Gasteiger partial charge in [-0.25, -0.2) is 0 Å². The van der Waals surface area contributed by atoms with Crippen LogP contribution in [0.3, 0.4) is 0 Å². The molecule has 0 rings (SSSR count). The minimum absolute atomic E-state index is 0. The van der Waals surface area contributed by atoms with Gasteiger partial charge in [-0.2, -0.15) is 14.0 Å². The predicted octanol–water partition coefficient (Wildman–Crippen LogP) is 0.782. The van der Waals surface area contributed by atoms with E-state index in [1.165, 1.54) is 20.3 Å². The first kappa shape index (κ1) is 15.9. The van der Waals surface area contributed by atoms with Crippen molar-refractivity contribution in [1.29, 1.82) is 0 Å². The normalized spacial score (nSPS) is 3.17. The third-order valence-electron chi connectivity index (χ3n) is 0. The van der Waals surface area contributed by atoms with E-state index < -0.39 is 0 Å². The van der Waals surface area contributed by atoms with Crippen LogP contribution in [0.1, 0.15) is 6.92 Å². The largest absolute Gasteiger partial charge is 0.680 e. The van der Waals surface area contributed by atoms with Crippen LogP contribution in [0.25, 0.3) is 5.73 Å². The smallest absolute Gasteiger partial charge is 0 e. The maximum Gasteiger partial charge on any atom is 0 e. The van der Waals surface area contributed by atoms with Gasteiger partial charge in [0, 0.05) is 32.7 Å². The van der Waals surface area contributed by atoms with Crippen molar-refractivity contribution in [3.05, 3.63) is 5.73 Å². The van der Waals surface area contributed by atoms with E-state index in [-0.39, 0.29) is 32.7 Å². The van der Waals surface area contributed by atoms with Gasteiger partial charge < -0.3 is 10.5 Å². The minimum Gasteiger partial charge on any atom is -0.680 e. The number of hydrogen-bond acceptors (Lipinski definition) is 1. The predicted molar refractivity (Wildman–Crippen MR) is 21.6 cm³/mol. The summed E-state index contributed by atoms with van der Waals surface area (Å²) in [7, 11) is 1.25. The molecule has 3 heteroatoms. The summed E-state index contributed by atoms with van der Waals surface area (Å²) < 4.78 is 0. The van der Waals surface area contributed by atoms with E-state index in [9.17, 15) is 0 Å². The van der Waals surface area contributed by atoms with E-state index in [1.54, 1.807) is 0 Å². The first-order chi connectivity index (χ1) is 2.41. The van der Waals surface area contributed by atoms with Crippen LogP contribution in [0.2, 0.25) is 0 Å². The molecule has 1 N–H and O–H groups in total. The molecule has 0 bridgehead atoms. The molecule has 0 spiro atoms. The fraction of sp³-hybridized carbons (Fsp3) is 0.667. The first-order valence-electron chi connectivity index (χ1n) is 1.20. The van der Waals surface area contributed by atoms with Gasteiger partial charge in [-0.05, 0) is 0 Å². The van der Waals surface area contributed by atoms with Gasteiger partial charge >= 0.3 is 0 Å². The molecular formula is C3H7NOY-2. The Kier molecular flexibility index (Phi) is 113. The molecule has 35 valence electrons. The summed E-state index contributed by atoms with van der Waals surface area (Å²) in [5.74, 6) is 0.